The van der Waals surface area contributed by atoms with E-state index >= 15 is 0 Å². The first-order chi connectivity index (χ1) is 11.6. The summed E-state index contributed by atoms with van der Waals surface area (Å²) < 4.78 is 22.2. The number of rotatable bonds is 6. The van der Waals surface area contributed by atoms with E-state index in [9.17, 15) is 18.0 Å². The van der Waals surface area contributed by atoms with E-state index in [0.717, 1.165) is 11.8 Å². The van der Waals surface area contributed by atoms with Crippen LogP contribution in [0.5, 0.6) is 0 Å². The number of primary amides is 1. The van der Waals surface area contributed by atoms with Crippen molar-refractivity contribution in [3.8, 4) is 0 Å². The summed E-state index contributed by atoms with van der Waals surface area (Å²) in [5.41, 5.74) is 6.95. The number of nitrogens with two attached hydrogens (primary N) is 1. The minimum Gasteiger partial charge on any atom is -0.368 e. The molecule has 3 N–H and O–H groups in total. The summed E-state index contributed by atoms with van der Waals surface area (Å²) in [6.45, 7) is 1.27. The van der Waals surface area contributed by atoms with Crippen molar-refractivity contribution in [1.82, 2.24) is 0 Å². The SMILES string of the molecule is CC(C(N)=O)(c1ccc(NC(=O)Cc2ccccc2)cc1)S(C)(=O)=O. The van der Waals surface area contributed by atoms with E-state index in [1.165, 1.54) is 19.1 Å². The molecule has 0 fully saturated rings. The Morgan fingerprint density at radius 3 is 2.08 bits per heavy atom. The monoisotopic (exact) mass is 360 g/mol. The fourth-order valence-corrected chi connectivity index (χ4v) is 3.33. The van der Waals surface area contributed by atoms with Crippen LogP contribution < -0.4 is 11.1 Å². The third-order valence-corrected chi connectivity index (χ3v) is 6.06. The number of nitrogens with one attached hydrogen (secondary N) is 1. The number of hydrogen-bond donors (Lipinski definition) is 2. The van der Waals surface area contributed by atoms with Gasteiger partial charge in [-0.3, -0.25) is 9.59 Å². The van der Waals surface area contributed by atoms with E-state index in [4.69, 9.17) is 5.73 Å². The molecule has 0 spiro atoms. The van der Waals surface area contributed by atoms with Gasteiger partial charge < -0.3 is 11.1 Å². The van der Waals surface area contributed by atoms with Crippen LogP contribution in [0.15, 0.2) is 54.6 Å². The Labute approximate surface area is 147 Å². The molecule has 25 heavy (non-hydrogen) atoms. The van der Waals surface area contributed by atoms with Crippen molar-refractivity contribution in [2.75, 3.05) is 11.6 Å². The molecule has 2 aromatic rings. The van der Waals surface area contributed by atoms with Crippen molar-refractivity contribution in [2.45, 2.75) is 18.1 Å². The molecule has 0 saturated heterocycles. The molecule has 2 amide bonds. The van der Waals surface area contributed by atoms with Crippen LogP contribution in [0, 0.1) is 0 Å². The Kier molecular flexibility index (Phi) is 5.27. The van der Waals surface area contributed by atoms with Gasteiger partial charge >= 0.3 is 0 Å². The Hall–Kier alpha value is -2.67. The van der Waals surface area contributed by atoms with Crippen LogP contribution in [-0.2, 0) is 30.6 Å². The van der Waals surface area contributed by atoms with Gasteiger partial charge in [0.25, 0.3) is 0 Å². The molecule has 6 nitrogen and oxygen atoms in total. The minimum atomic E-state index is -3.76. The molecule has 0 aromatic heterocycles. The first kappa shape index (κ1) is 18.7. The van der Waals surface area contributed by atoms with E-state index in [2.05, 4.69) is 5.32 Å². The second-order valence-corrected chi connectivity index (χ2v) is 8.32. The number of carbonyl (C=O) groups excluding carboxylic acids is 2. The summed E-state index contributed by atoms with van der Waals surface area (Å²) in [4.78, 5) is 23.8. The number of anilines is 1. The molecule has 0 radical (unpaired) electrons. The number of sulfone groups is 1. The highest BCUT2D eigenvalue weighted by Crippen LogP contribution is 2.30. The first-order valence-electron chi connectivity index (χ1n) is 7.58. The van der Waals surface area contributed by atoms with E-state index in [1.54, 1.807) is 12.1 Å². The molecule has 132 valence electrons. The largest absolute Gasteiger partial charge is 0.368 e. The molecule has 1 unspecified atom stereocenters. The zero-order chi connectivity index (χ0) is 18.7. The number of amides is 2. The summed E-state index contributed by atoms with van der Waals surface area (Å²) in [5, 5.41) is 2.73. The van der Waals surface area contributed by atoms with Crippen molar-refractivity contribution in [3.05, 3.63) is 65.7 Å². The highest BCUT2D eigenvalue weighted by molar-refractivity contribution is 7.92. The van der Waals surface area contributed by atoms with Crippen LogP contribution in [-0.4, -0.2) is 26.5 Å². The van der Waals surface area contributed by atoms with E-state index in [-0.39, 0.29) is 17.9 Å². The van der Waals surface area contributed by atoms with Gasteiger partial charge in [0.2, 0.25) is 11.8 Å². The van der Waals surface area contributed by atoms with Crippen molar-refractivity contribution in [1.29, 1.82) is 0 Å². The second-order valence-electron chi connectivity index (χ2n) is 5.96. The van der Waals surface area contributed by atoms with Crippen LogP contribution in [0.2, 0.25) is 0 Å². The van der Waals surface area contributed by atoms with Gasteiger partial charge in [-0.2, -0.15) is 0 Å². The summed E-state index contributed by atoms with van der Waals surface area (Å²) in [5.74, 6) is -1.14. The molecule has 0 aliphatic heterocycles. The van der Waals surface area contributed by atoms with Gasteiger partial charge in [0.1, 0.15) is 0 Å². The summed E-state index contributed by atoms with van der Waals surface area (Å²) >= 11 is 0. The van der Waals surface area contributed by atoms with E-state index in [0.29, 0.717) is 5.69 Å². The lowest BCUT2D eigenvalue weighted by Crippen LogP contribution is -2.44. The fraction of sp³-hybridized carbons (Fsp3) is 0.222. The molecule has 2 rings (SSSR count). The summed E-state index contributed by atoms with van der Waals surface area (Å²) in [7, 11) is -3.76. The van der Waals surface area contributed by atoms with Gasteiger partial charge in [0.05, 0.1) is 6.42 Å². The standard InChI is InChI=1S/C18H20N2O4S/c1-18(17(19)22,25(2,23)24)14-8-10-15(11-9-14)20-16(21)12-13-6-4-3-5-7-13/h3-11H,12H2,1-2H3,(H2,19,22)(H,20,21). The Morgan fingerprint density at radius 2 is 1.60 bits per heavy atom. The Morgan fingerprint density at radius 1 is 1.04 bits per heavy atom. The topological polar surface area (TPSA) is 106 Å². The highest BCUT2D eigenvalue weighted by atomic mass is 32.2. The van der Waals surface area contributed by atoms with Crippen molar-refractivity contribution < 1.29 is 18.0 Å². The first-order valence-corrected chi connectivity index (χ1v) is 9.47. The average molecular weight is 360 g/mol. The molecule has 1 atom stereocenters. The predicted molar refractivity (Wildman–Crippen MR) is 96.6 cm³/mol. The van der Waals surface area contributed by atoms with Crippen LogP contribution in [0.25, 0.3) is 0 Å². The predicted octanol–water partition coefficient (Wildman–Crippen LogP) is 1.61. The lowest BCUT2D eigenvalue weighted by Gasteiger charge is -2.24. The van der Waals surface area contributed by atoms with E-state index < -0.39 is 20.5 Å². The molecule has 0 bridgehead atoms. The molecule has 0 heterocycles. The summed E-state index contributed by atoms with van der Waals surface area (Å²) in [6.07, 6.45) is 1.19. The average Bonchev–Trinajstić information content (AvgIpc) is 2.54. The quantitative estimate of drug-likeness (QED) is 0.816. The van der Waals surface area contributed by atoms with Crippen molar-refractivity contribution >= 4 is 27.3 Å². The number of carbonyl (C=O) groups is 2. The lowest BCUT2D eigenvalue weighted by molar-refractivity contribution is -0.120. The van der Waals surface area contributed by atoms with Crippen LogP contribution in [0.3, 0.4) is 0 Å². The highest BCUT2D eigenvalue weighted by Gasteiger charge is 2.43. The Balaban J connectivity index is 2.17. The second kappa shape index (κ2) is 7.06. The Bertz CT molecular complexity index is 877. The fourth-order valence-electron chi connectivity index (χ4n) is 2.40. The molecule has 0 aliphatic rings. The van der Waals surface area contributed by atoms with Gasteiger partial charge in [0, 0.05) is 11.9 Å². The third kappa shape index (κ3) is 4.06. The molecule has 7 heteroatoms. The van der Waals surface area contributed by atoms with Crippen molar-refractivity contribution in [2.24, 2.45) is 5.73 Å². The third-order valence-electron chi connectivity index (χ3n) is 4.14. The lowest BCUT2D eigenvalue weighted by atomic mass is 9.99. The van der Waals surface area contributed by atoms with Gasteiger partial charge in [-0.25, -0.2) is 8.42 Å². The number of benzene rings is 2. The molecule has 0 aliphatic carbocycles. The molecule has 2 aromatic carbocycles. The van der Waals surface area contributed by atoms with Crippen LogP contribution >= 0.6 is 0 Å². The number of hydrogen-bond acceptors (Lipinski definition) is 4. The summed E-state index contributed by atoms with van der Waals surface area (Å²) in [6, 6.07) is 15.3. The zero-order valence-corrected chi connectivity index (χ0v) is 14.8. The van der Waals surface area contributed by atoms with Crippen molar-refractivity contribution in [3.63, 3.8) is 0 Å². The maximum absolute atomic E-state index is 12.1. The smallest absolute Gasteiger partial charge is 0.243 e. The maximum atomic E-state index is 12.1. The van der Waals surface area contributed by atoms with Gasteiger partial charge in [0.15, 0.2) is 14.6 Å². The minimum absolute atomic E-state index is 0.195. The van der Waals surface area contributed by atoms with Gasteiger partial charge in [-0.1, -0.05) is 42.5 Å². The zero-order valence-electron chi connectivity index (χ0n) is 14.0. The molecular formula is C18H20N2O4S. The maximum Gasteiger partial charge on any atom is 0.243 e. The normalized spacial score (nSPS) is 13.7. The van der Waals surface area contributed by atoms with Crippen LogP contribution in [0.4, 0.5) is 5.69 Å². The van der Waals surface area contributed by atoms with Gasteiger partial charge in [-0.15, -0.1) is 0 Å². The molecular weight excluding hydrogens is 340 g/mol. The van der Waals surface area contributed by atoms with Crippen LogP contribution in [0.1, 0.15) is 18.1 Å². The van der Waals surface area contributed by atoms with E-state index in [1.807, 2.05) is 30.3 Å². The molecule has 0 saturated carbocycles. The van der Waals surface area contributed by atoms with Gasteiger partial charge in [-0.05, 0) is 30.2 Å².